The molecule has 0 aromatic carbocycles. The summed E-state index contributed by atoms with van der Waals surface area (Å²) in [5, 5.41) is 0. The third-order valence-corrected chi connectivity index (χ3v) is 14.3. The Morgan fingerprint density at radius 3 is 1.32 bits per heavy atom. The van der Waals surface area contributed by atoms with E-state index in [2.05, 4.69) is 24.3 Å². The second-order valence-corrected chi connectivity index (χ2v) is 16.5. The summed E-state index contributed by atoms with van der Waals surface area (Å²) in [4.78, 5) is 0. The standard InChI is InChI=1S/C41H68/c1-7-19-34(20-8-1)33-40(35-21-9-2-10-22-35,36-23-11-3-12-24-36)31-32-41(37-25-13-4-14-26-37,38-27-15-5-16-28-38)39-29-17-6-18-30-39/h13,25,31-32,34-39H,1-12,14-24,26-30,33H2/b32-31+. The fourth-order valence-corrected chi connectivity index (χ4v) is 12.2. The molecule has 6 aliphatic rings. The molecular weight excluding hydrogens is 492 g/mol. The van der Waals surface area contributed by atoms with Gasteiger partial charge in [0.25, 0.3) is 0 Å². The van der Waals surface area contributed by atoms with E-state index in [0.717, 1.165) is 35.5 Å². The highest BCUT2D eigenvalue weighted by molar-refractivity contribution is 5.20. The lowest BCUT2D eigenvalue weighted by atomic mass is 9.50. The molecule has 0 heterocycles. The predicted molar refractivity (Wildman–Crippen MR) is 178 cm³/mol. The lowest BCUT2D eigenvalue weighted by Gasteiger charge is -2.54. The van der Waals surface area contributed by atoms with Crippen molar-refractivity contribution in [1.29, 1.82) is 0 Å². The van der Waals surface area contributed by atoms with Crippen LogP contribution >= 0.6 is 0 Å². The fourth-order valence-electron chi connectivity index (χ4n) is 12.2. The molecule has 0 N–H and O–H groups in total. The molecule has 5 saturated carbocycles. The zero-order valence-corrected chi connectivity index (χ0v) is 27.3. The van der Waals surface area contributed by atoms with Gasteiger partial charge in [-0.3, -0.25) is 0 Å². The topological polar surface area (TPSA) is 0 Å². The highest BCUT2D eigenvalue weighted by Crippen LogP contribution is 2.60. The smallest absolute Gasteiger partial charge is 0.000112 e. The maximum absolute atomic E-state index is 3.15. The molecule has 0 aliphatic heterocycles. The summed E-state index contributed by atoms with van der Waals surface area (Å²) in [6, 6.07) is 0. The van der Waals surface area contributed by atoms with Crippen molar-refractivity contribution in [3.05, 3.63) is 24.3 Å². The molecule has 0 nitrogen and oxygen atoms in total. The van der Waals surface area contributed by atoms with Crippen LogP contribution in [0.4, 0.5) is 0 Å². The molecule has 0 aromatic heterocycles. The van der Waals surface area contributed by atoms with Crippen LogP contribution in [-0.4, -0.2) is 0 Å². The van der Waals surface area contributed by atoms with Crippen LogP contribution in [0.2, 0.25) is 0 Å². The minimum absolute atomic E-state index is 0.443. The molecule has 1 atom stereocenters. The largest absolute Gasteiger partial charge is 0.0882 e. The number of hydrogen-bond donors (Lipinski definition) is 0. The minimum Gasteiger partial charge on any atom is -0.0882 e. The Morgan fingerprint density at radius 1 is 0.439 bits per heavy atom. The summed E-state index contributed by atoms with van der Waals surface area (Å²) in [5.74, 6) is 5.63. The summed E-state index contributed by atoms with van der Waals surface area (Å²) < 4.78 is 0. The van der Waals surface area contributed by atoms with Gasteiger partial charge in [-0.05, 0) is 118 Å². The van der Waals surface area contributed by atoms with E-state index < -0.39 is 0 Å². The highest BCUT2D eigenvalue weighted by Gasteiger charge is 2.51. The lowest BCUT2D eigenvalue weighted by molar-refractivity contribution is 0.0134. The fraction of sp³-hybridized carbons (Fsp3) is 0.902. The van der Waals surface area contributed by atoms with Gasteiger partial charge in [-0.25, -0.2) is 0 Å². The van der Waals surface area contributed by atoms with Gasteiger partial charge in [-0.2, -0.15) is 0 Å². The van der Waals surface area contributed by atoms with Gasteiger partial charge in [0.1, 0.15) is 0 Å². The van der Waals surface area contributed by atoms with Crippen LogP contribution in [0.1, 0.15) is 186 Å². The first-order valence-electron chi connectivity index (χ1n) is 19.7. The van der Waals surface area contributed by atoms with Gasteiger partial charge >= 0.3 is 0 Å². The molecule has 0 spiro atoms. The van der Waals surface area contributed by atoms with Gasteiger partial charge in [-0.1, -0.05) is 133 Å². The molecule has 6 aliphatic carbocycles. The van der Waals surface area contributed by atoms with Crippen molar-refractivity contribution >= 4 is 0 Å². The van der Waals surface area contributed by atoms with Gasteiger partial charge in [0, 0.05) is 5.41 Å². The summed E-state index contributed by atoms with van der Waals surface area (Å²) in [5.41, 5.74) is 0.939. The third kappa shape index (κ3) is 6.93. The summed E-state index contributed by atoms with van der Waals surface area (Å²) in [7, 11) is 0. The van der Waals surface area contributed by atoms with Crippen molar-refractivity contribution in [2.75, 3.05) is 0 Å². The zero-order valence-electron chi connectivity index (χ0n) is 27.3. The number of allylic oxidation sites excluding steroid dienone is 4. The van der Waals surface area contributed by atoms with Crippen molar-refractivity contribution in [1.82, 2.24) is 0 Å². The summed E-state index contributed by atoms with van der Waals surface area (Å²) in [6.45, 7) is 0. The Morgan fingerprint density at radius 2 is 0.878 bits per heavy atom. The van der Waals surface area contributed by atoms with E-state index in [9.17, 15) is 0 Å². The van der Waals surface area contributed by atoms with Crippen LogP contribution in [0, 0.1) is 46.3 Å². The first-order valence-corrected chi connectivity index (χ1v) is 19.7. The van der Waals surface area contributed by atoms with E-state index in [4.69, 9.17) is 0 Å². The molecule has 0 bridgehead atoms. The van der Waals surface area contributed by atoms with E-state index in [1.165, 1.54) is 180 Å². The number of hydrogen-bond acceptors (Lipinski definition) is 0. The molecule has 41 heavy (non-hydrogen) atoms. The molecule has 0 aromatic rings. The Hall–Kier alpha value is -0.520. The third-order valence-electron chi connectivity index (χ3n) is 14.3. The second-order valence-electron chi connectivity index (χ2n) is 16.5. The van der Waals surface area contributed by atoms with Gasteiger partial charge < -0.3 is 0 Å². The molecular formula is C41H68. The Labute approximate surface area is 256 Å². The van der Waals surface area contributed by atoms with E-state index in [1.54, 1.807) is 6.42 Å². The van der Waals surface area contributed by atoms with Crippen LogP contribution in [-0.2, 0) is 0 Å². The van der Waals surface area contributed by atoms with Crippen LogP contribution in [0.15, 0.2) is 24.3 Å². The normalized spacial score (nSPS) is 29.8. The maximum Gasteiger partial charge on any atom is 0.000112 e. The Bertz CT molecular complexity index is 765. The van der Waals surface area contributed by atoms with Crippen molar-refractivity contribution in [2.24, 2.45) is 46.3 Å². The van der Waals surface area contributed by atoms with E-state index in [0.29, 0.717) is 10.8 Å². The minimum atomic E-state index is 0.443. The summed E-state index contributed by atoms with van der Waals surface area (Å²) in [6.07, 6.45) is 55.4. The quantitative estimate of drug-likeness (QED) is 0.246. The average Bonchev–Trinajstić information content (AvgIpc) is 3.07. The van der Waals surface area contributed by atoms with Gasteiger partial charge in [-0.15, -0.1) is 0 Å². The molecule has 0 amide bonds. The van der Waals surface area contributed by atoms with E-state index in [-0.39, 0.29) is 0 Å². The first-order chi connectivity index (χ1) is 20.3. The van der Waals surface area contributed by atoms with Crippen LogP contribution in [0.3, 0.4) is 0 Å². The van der Waals surface area contributed by atoms with Crippen molar-refractivity contribution < 1.29 is 0 Å². The maximum atomic E-state index is 3.15. The molecule has 0 heteroatoms. The lowest BCUT2D eigenvalue weighted by Crippen LogP contribution is -2.46. The average molecular weight is 561 g/mol. The van der Waals surface area contributed by atoms with E-state index in [1.807, 2.05) is 0 Å². The monoisotopic (exact) mass is 561 g/mol. The Kier molecular flexibility index (Phi) is 11.1. The zero-order chi connectivity index (χ0) is 27.8. The van der Waals surface area contributed by atoms with Gasteiger partial charge in [0.15, 0.2) is 0 Å². The van der Waals surface area contributed by atoms with Crippen molar-refractivity contribution in [3.63, 3.8) is 0 Å². The van der Waals surface area contributed by atoms with Crippen LogP contribution < -0.4 is 0 Å². The van der Waals surface area contributed by atoms with Gasteiger partial charge in [0.2, 0.25) is 0 Å². The first kappa shape index (κ1) is 30.5. The van der Waals surface area contributed by atoms with Gasteiger partial charge in [0.05, 0.1) is 0 Å². The molecule has 6 rings (SSSR count). The second kappa shape index (κ2) is 15.0. The van der Waals surface area contributed by atoms with Crippen molar-refractivity contribution in [3.8, 4) is 0 Å². The van der Waals surface area contributed by atoms with Crippen LogP contribution in [0.5, 0.6) is 0 Å². The predicted octanol–water partition coefficient (Wildman–Crippen LogP) is 13.2. The molecule has 0 saturated heterocycles. The summed E-state index contributed by atoms with van der Waals surface area (Å²) >= 11 is 0. The molecule has 0 radical (unpaired) electrons. The van der Waals surface area contributed by atoms with Crippen molar-refractivity contribution in [2.45, 2.75) is 186 Å². The van der Waals surface area contributed by atoms with Crippen LogP contribution in [0.25, 0.3) is 0 Å². The molecule has 5 fully saturated rings. The molecule has 1 unspecified atom stereocenters. The number of rotatable bonds is 9. The Balaban J connectivity index is 1.45. The molecule has 232 valence electrons. The van der Waals surface area contributed by atoms with E-state index >= 15 is 0 Å². The SMILES string of the molecule is C1=CC(C(/C=C/C(CC2CCCCC2)(C2CCCCC2)C2CCCCC2)(C2CCCCC2)C2CCCCC2)CCC1. The highest BCUT2D eigenvalue weighted by atomic mass is 14.5.